The van der Waals surface area contributed by atoms with Crippen molar-refractivity contribution >= 4 is 0 Å². The Balaban J connectivity index is 2.19. The average Bonchev–Trinajstić information content (AvgIpc) is 2.45. The van der Waals surface area contributed by atoms with Gasteiger partial charge in [-0.15, -0.1) is 0 Å². The highest BCUT2D eigenvalue weighted by atomic mass is 16.5. The third-order valence-electron chi connectivity index (χ3n) is 3.49. The molecular formula is C18H31NO2. The molecular weight excluding hydrogens is 262 g/mol. The Kier molecular flexibility index (Phi) is 8.40. The van der Waals surface area contributed by atoms with Crippen molar-refractivity contribution < 1.29 is 9.84 Å². The van der Waals surface area contributed by atoms with Crippen molar-refractivity contribution in [2.45, 2.75) is 51.9 Å². The summed E-state index contributed by atoms with van der Waals surface area (Å²) < 4.78 is 5.96. The number of aliphatic hydroxyl groups is 1. The minimum atomic E-state index is 0.120. The number of benzene rings is 1. The summed E-state index contributed by atoms with van der Waals surface area (Å²) in [6, 6.07) is 8.34. The lowest BCUT2D eigenvalue weighted by molar-refractivity contribution is 0.289. The van der Waals surface area contributed by atoms with E-state index in [0.29, 0.717) is 6.54 Å². The zero-order valence-corrected chi connectivity index (χ0v) is 13.8. The van der Waals surface area contributed by atoms with Gasteiger partial charge in [-0.2, -0.15) is 0 Å². The molecule has 0 aromatic heterocycles. The van der Waals surface area contributed by atoms with E-state index in [9.17, 15) is 0 Å². The van der Waals surface area contributed by atoms with Crippen LogP contribution in [0.4, 0.5) is 0 Å². The molecule has 0 atom stereocenters. The van der Waals surface area contributed by atoms with Gasteiger partial charge in [-0.25, -0.2) is 0 Å². The minimum Gasteiger partial charge on any atom is -0.493 e. The predicted octanol–water partition coefficient (Wildman–Crippen LogP) is 3.51. The Morgan fingerprint density at radius 3 is 2.43 bits per heavy atom. The van der Waals surface area contributed by atoms with Gasteiger partial charge in [0.05, 0.1) is 13.2 Å². The second-order valence-corrected chi connectivity index (χ2v) is 6.48. The first-order chi connectivity index (χ1) is 10.1. The lowest BCUT2D eigenvalue weighted by atomic mass is 9.86. The summed E-state index contributed by atoms with van der Waals surface area (Å²) in [6.45, 7) is 9.36. The van der Waals surface area contributed by atoms with Crippen LogP contribution in [0.3, 0.4) is 0 Å². The van der Waals surface area contributed by atoms with Crippen molar-refractivity contribution in [2.75, 3.05) is 26.3 Å². The molecule has 0 bridgehead atoms. The van der Waals surface area contributed by atoms with Crippen LogP contribution in [0.1, 0.15) is 52.0 Å². The number of unbranched alkanes of at least 4 members (excludes halogenated alkanes) is 3. The first-order valence-corrected chi connectivity index (χ1v) is 8.09. The van der Waals surface area contributed by atoms with E-state index in [0.717, 1.165) is 25.3 Å². The van der Waals surface area contributed by atoms with Crippen molar-refractivity contribution in [3.05, 3.63) is 29.8 Å². The molecule has 0 spiro atoms. The molecule has 3 nitrogen and oxygen atoms in total. The molecule has 21 heavy (non-hydrogen) atoms. The molecule has 0 radical (unpaired) electrons. The van der Waals surface area contributed by atoms with E-state index in [2.05, 4.69) is 44.3 Å². The fourth-order valence-electron chi connectivity index (χ4n) is 2.30. The minimum absolute atomic E-state index is 0.120. The molecule has 0 aliphatic rings. The van der Waals surface area contributed by atoms with Crippen LogP contribution in [-0.4, -0.2) is 31.4 Å². The quantitative estimate of drug-likeness (QED) is 0.649. The summed E-state index contributed by atoms with van der Waals surface area (Å²) >= 11 is 0. The number of ether oxygens (including phenoxy) is 1. The number of hydrogen-bond acceptors (Lipinski definition) is 3. The summed E-state index contributed by atoms with van der Waals surface area (Å²) in [5, 5.41) is 11.8. The Hall–Kier alpha value is -1.06. The highest BCUT2D eigenvalue weighted by molar-refractivity contribution is 5.38. The second kappa shape index (κ2) is 9.80. The first kappa shape index (κ1) is 18.0. The number of hydrogen-bond donors (Lipinski definition) is 2. The van der Waals surface area contributed by atoms with Crippen LogP contribution in [0.25, 0.3) is 0 Å². The fraction of sp³-hybridized carbons (Fsp3) is 0.667. The highest BCUT2D eigenvalue weighted by Gasteiger charge is 2.17. The SMILES string of the molecule is CC(C)(C)c1ccccc1OCCCCCCNCCO. The Morgan fingerprint density at radius 1 is 1.00 bits per heavy atom. The van der Waals surface area contributed by atoms with E-state index in [1.807, 2.05) is 6.07 Å². The van der Waals surface area contributed by atoms with Gasteiger partial charge in [-0.3, -0.25) is 0 Å². The lowest BCUT2D eigenvalue weighted by Gasteiger charge is -2.22. The first-order valence-electron chi connectivity index (χ1n) is 8.09. The molecule has 0 aliphatic heterocycles. The van der Waals surface area contributed by atoms with Crippen molar-refractivity contribution in [1.29, 1.82) is 0 Å². The average molecular weight is 293 g/mol. The molecule has 3 heteroatoms. The third kappa shape index (κ3) is 7.49. The van der Waals surface area contributed by atoms with Crippen LogP contribution in [0.5, 0.6) is 5.75 Å². The molecule has 0 amide bonds. The van der Waals surface area contributed by atoms with E-state index in [4.69, 9.17) is 9.84 Å². The van der Waals surface area contributed by atoms with Crippen molar-refractivity contribution in [3.63, 3.8) is 0 Å². The number of aliphatic hydroxyl groups excluding tert-OH is 1. The van der Waals surface area contributed by atoms with Gasteiger partial charge in [-0.1, -0.05) is 51.8 Å². The van der Waals surface area contributed by atoms with Crippen LogP contribution >= 0.6 is 0 Å². The van der Waals surface area contributed by atoms with E-state index in [-0.39, 0.29) is 12.0 Å². The Morgan fingerprint density at radius 2 is 1.71 bits per heavy atom. The molecule has 0 saturated carbocycles. The largest absolute Gasteiger partial charge is 0.493 e. The summed E-state index contributed by atoms with van der Waals surface area (Å²) in [5.74, 6) is 1.02. The fourth-order valence-corrected chi connectivity index (χ4v) is 2.30. The molecule has 0 heterocycles. The monoisotopic (exact) mass is 293 g/mol. The summed E-state index contributed by atoms with van der Waals surface area (Å²) in [6.07, 6.45) is 4.66. The van der Waals surface area contributed by atoms with Gasteiger partial charge in [0.15, 0.2) is 0 Å². The number of rotatable bonds is 10. The zero-order valence-electron chi connectivity index (χ0n) is 13.8. The molecule has 1 aromatic rings. The molecule has 0 aliphatic carbocycles. The van der Waals surface area contributed by atoms with E-state index < -0.39 is 0 Å². The van der Waals surface area contributed by atoms with Gasteiger partial charge in [-0.05, 0) is 36.4 Å². The summed E-state index contributed by atoms with van der Waals surface area (Å²) in [7, 11) is 0. The molecule has 2 N–H and O–H groups in total. The second-order valence-electron chi connectivity index (χ2n) is 6.48. The predicted molar refractivity (Wildman–Crippen MR) is 89.1 cm³/mol. The van der Waals surface area contributed by atoms with E-state index in [1.54, 1.807) is 0 Å². The standard InChI is InChI=1S/C18H31NO2/c1-18(2,3)16-10-6-7-11-17(16)21-15-9-5-4-8-12-19-13-14-20/h6-7,10-11,19-20H,4-5,8-9,12-15H2,1-3H3. The van der Waals surface area contributed by atoms with Gasteiger partial charge in [0.1, 0.15) is 5.75 Å². The van der Waals surface area contributed by atoms with Gasteiger partial charge in [0, 0.05) is 6.54 Å². The molecule has 0 fully saturated rings. The summed E-state index contributed by atoms with van der Waals surface area (Å²) in [4.78, 5) is 0. The van der Waals surface area contributed by atoms with Crippen LogP contribution in [0.15, 0.2) is 24.3 Å². The number of nitrogens with one attached hydrogen (secondary N) is 1. The van der Waals surface area contributed by atoms with Gasteiger partial charge in [0.2, 0.25) is 0 Å². The van der Waals surface area contributed by atoms with Crippen LogP contribution in [0, 0.1) is 0 Å². The molecule has 0 saturated heterocycles. The molecule has 1 aromatic carbocycles. The lowest BCUT2D eigenvalue weighted by Crippen LogP contribution is -2.19. The van der Waals surface area contributed by atoms with Crippen molar-refractivity contribution in [3.8, 4) is 5.75 Å². The third-order valence-corrected chi connectivity index (χ3v) is 3.49. The smallest absolute Gasteiger partial charge is 0.123 e. The normalized spacial score (nSPS) is 11.6. The number of para-hydroxylation sites is 1. The van der Waals surface area contributed by atoms with Gasteiger partial charge in [0.25, 0.3) is 0 Å². The molecule has 0 unspecified atom stereocenters. The Bertz CT molecular complexity index is 385. The van der Waals surface area contributed by atoms with Gasteiger partial charge >= 0.3 is 0 Å². The topological polar surface area (TPSA) is 41.5 Å². The van der Waals surface area contributed by atoms with Crippen molar-refractivity contribution in [2.24, 2.45) is 0 Å². The van der Waals surface area contributed by atoms with E-state index in [1.165, 1.54) is 24.8 Å². The van der Waals surface area contributed by atoms with E-state index >= 15 is 0 Å². The van der Waals surface area contributed by atoms with Gasteiger partial charge < -0.3 is 15.2 Å². The van der Waals surface area contributed by atoms with Crippen LogP contribution in [-0.2, 0) is 5.41 Å². The van der Waals surface area contributed by atoms with Crippen LogP contribution < -0.4 is 10.1 Å². The maximum atomic E-state index is 8.65. The summed E-state index contributed by atoms with van der Waals surface area (Å²) in [5.41, 5.74) is 1.40. The molecule has 1 rings (SSSR count). The van der Waals surface area contributed by atoms with Crippen molar-refractivity contribution in [1.82, 2.24) is 5.32 Å². The maximum absolute atomic E-state index is 8.65. The highest BCUT2D eigenvalue weighted by Crippen LogP contribution is 2.30. The Labute approximate surface area is 129 Å². The van der Waals surface area contributed by atoms with Crippen LogP contribution in [0.2, 0.25) is 0 Å². The maximum Gasteiger partial charge on any atom is 0.123 e. The zero-order chi connectivity index (χ0) is 15.6. The molecule has 120 valence electrons.